The molecule has 1 amide bonds. The van der Waals surface area contributed by atoms with Gasteiger partial charge in [-0.2, -0.15) is 0 Å². The number of fused-ring (bicyclic) bond motifs is 1. The van der Waals surface area contributed by atoms with Crippen molar-refractivity contribution in [3.05, 3.63) is 100 Å². The lowest BCUT2D eigenvalue weighted by Gasteiger charge is -2.23. The number of hydrogen-bond donors (Lipinski definition) is 1. The molecule has 1 aliphatic rings. The first-order valence-electron chi connectivity index (χ1n) is 15.3. The number of aryl methyl sites for hydroxylation is 2. The van der Waals surface area contributed by atoms with Crippen molar-refractivity contribution >= 4 is 51.3 Å². The van der Waals surface area contributed by atoms with Gasteiger partial charge in [-0.05, 0) is 67.1 Å². The van der Waals surface area contributed by atoms with Crippen LogP contribution in [0.3, 0.4) is 0 Å². The maximum Gasteiger partial charge on any atom is 0.301 e. The Morgan fingerprint density at radius 1 is 1.08 bits per heavy atom. The van der Waals surface area contributed by atoms with Gasteiger partial charge in [-0.15, -0.1) is 10.2 Å². The first kappa shape index (κ1) is 33.2. The largest absolute Gasteiger partial charge is 0.505 e. The lowest BCUT2D eigenvalue weighted by atomic mass is 9.96. The number of anilines is 1. The first-order chi connectivity index (χ1) is 23.1. The van der Waals surface area contributed by atoms with Crippen molar-refractivity contribution in [2.75, 3.05) is 18.6 Å². The van der Waals surface area contributed by atoms with Crippen molar-refractivity contribution in [2.45, 2.75) is 50.3 Å². The van der Waals surface area contributed by atoms with Crippen molar-refractivity contribution in [3.63, 3.8) is 0 Å². The summed E-state index contributed by atoms with van der Waals surface area (Å²) in [6.07, 6.45) is 2.67. The third-order valence-electron chi connectivity index (χ3n) is 8.12. The first-order valence-corrected chi connectivity index (χ1v) is 17.1. The smallest absolute Gasteiger partial charge is 0.301 e. The maximum atomic E-state index is 14.3. The Bertz CT molecular complexity index is 2060. The fourth-order valence-corrected chi connectivity index (χ4v) is 7.36. The molecule has 0 bridgehead atoms. The Kier molecular flexibility index (Phi) is 9.51. The molecular formula is C35H34FN5O5S2. The van der Waals surface area contributed by atoms with Gasteiger partial charge in [-0.3, -0.25) is 14.5 Å². The van der Waals surface area contributed by atoms with Gasteiger partial charge in [0.15, 0.2) is 21.6 Å². The standard InChI is InChI=1S/C35H34FN5O5S2/c1-19(2)14-16-46-25-13-12-22(17-26(25)45-5)29-27(30(42)28-21(4)40-15-8-9-20(3)32(40)37-28)31(43)33(44)41(29)34-38-39-35(48-34)47-18-23-10-6-7-11-24(23)36/h6-13,15,17,19,29,42H,14,16,18H2,1-5H3/b30-27+. The number of halogens is 1. The molecule has 1 saturated heterocycles. The highest BCUT2D eigenvalue weighted by atomic mass is 32.2. The Morgan fingerprint density at radius 3 is 2.60 bits per heavy atom. The molecule has 0 radical (unpaired) electrons. The van der Waals surface area contributed by atoms with Gasteiger partial charge in [-0.1, -0.05) is 67.3 Å². The molecule has 0 aliphatic carbocycles. The molecule has 6 rings (SSSR count). The molecule has 248 valence electrons. The van der Waals surface area contributed by atoms with E-state index in [0.717, 1.165) is 23.3 Å². The van der Waals surface area contributed by atoms with Gasteiger partial charge in [0.05, 0.1) is 31.0 Å². The van der Waals surface area contributed by atoms with Crippen molar-refractivity contribution in [1.29, 1.82) is 0 Å². The zero-order valence-corrected chi connectivity index (χ0v) is 28.7. The second-order valence-corrected chi connectivity index (χ2v) is 14.0. The highest BCUT2D eigenvalue weighted by molar-refractivity contribution is 8.00. The molecule has 48 heavy (non-hydrogen) atoms. The van der Waals surface area contributed by atoms with E-state index in [1.165, 1.54) is 29.8 Å². The number of pyridine rings is 1. The van der Waals surface area contributed by atoms with Crippen LogP contribution in [0, 0.1) is 25.6 Å². The SMILES string of the molecule is COc1cc(C2/C(=C(\O)c3nc4c(C)cccn4c3C)C(=O)C(=O)N2c2nnc(SCc3ccccc3F)s2)ccc1OCCC(C)C. The van der Waals surface area contributed by atoms with Gasteiger partial charge in [0.2, 0.25) is 5.13 Å². The van der Waals surface area contributed by atoms with Crippen molar-refractivity contribution < 1.29 is 28.6 Å². The number of thioether (sulfide) groups is 1. The number of rotatable bonds is 11. The second-order valence-electron chi connectivity index (χ2n) is 11.8. The number of ketones is 1. The molecule has 1 fully saturated rings. The summed E-state index contributed by atoms with van der Waals surface area (Å²) in [6.45, 7) is 8.39. The summed E-state index contributed by atoms with van der Waals surface area (Å²) in [6, 6.07) is 14.3. The number of nitrogens with zero attached hydrogens (tertiary/aromatic N) is 5. The fraction of sp³-hybridized carbons (Fsp3) is 0.286. The predicted molar refractivity (Wildman–Crippen MR) is 183 cm³/mol. The average Bonchev–Trinajstić information content (AvgIpc) is 3.75. The zero-order chi connectivity index (χ0) is 34.1. The van der Waals surface area contributed by atoms with E-state index in [2.05, 4.69) is 29.0 Å². The summed E-state index contributed by atoms with van der Waals surface area (Å²) in [5.41, 5.74) is 3.13. The minimum absolute atomic E-state index is 0.143. The Hall–Kier alpha value is -4.75. The molecule has 1 atom stereocenters. The van der Waals surface area contributed by atoms with Gasteiger partial charge >= 0.3 is 5.91 Å². The molecule has 2 aromatic carbocycles. The summed E-state index contributed by atoms with van der Waals surface area (Å²) >= 11 is 2.36. The molecule has 1 unspecified atom stereocenters. The van der Waals surface area contributed by atoms with Crippen molar-refractivity contribution in [1.82, 2.24) is 19.6 Å². The topological polar surface area (TPSA) is 119 Å². The second kappa shape index (κ2) is 13.8. The van der Waals surface area contributed by atoms with Crippen molar-refractivity contribution in [2.24, 2.45) is 5.92 Å². The van der Waals surface area contributed by atoms with Crippen LogP contribution in [0.15, 0.2) is 70.7 Å². The molecule has 0 saturated carbocycles. The van der Waals surface area contributed by atoms with Crippen LogP contribution in [0.1, 0.15) is 54.4 Å². The Morgan fingerprint density at radius 2 is 1.88 bits per heavy atom. The molecule has 1 N–H and O–H groups in total. The van der Waals surface area contributed by atoms with E-state index >= 15 is 0 Å². The number of aliphatic hydroxyl groups is 1. The third-order valence-corrected chi connectivity index (χ3v) is 10.2. The number of amides is 1. The lowest BCUT2D eigenvalue weighted by molar-refractivity contribution is -0.132. The Labute approximate surface area is 285 Å². The summed E-state index contributed by atoms with van der Waals surface area (Å²) < 4.78 is 28.2. The average molecular weight is 688 g/mol. The van der Waals surface area contributed by atoms with Gasteiger partial charge in [-0.25, -0.2) is 9.37 Å². The Balaban J connectivity index is 1.44. The number of benzene rings is 2. The van der Waals surface area contributed by atoms with E-state index in [1.54, 1.807) is 43.3 Å². The van der Waals surface area contributed by atoms with E-state index in [4.69, 9.17) is 9.47 Å². The molecule has 1 aliphatic heterocycles. The number of aliphatic hydroxyl groups excluding tert-OH is 1. The number of aromatic nitrogens is 4. The number of carbonyl (C=O) groups is 2. The number of Topliss-reactive ketones (excluding diaryl/α,β-unsaturated/α-hetero) is 1. The molecule has 5 aromatic rings. The summed E-state index contributed by atoms with van der Waals surface area (Å²) in [5.74, 6) is -0.850. The lowest BCUT2D eigenvalue weighted by Crippen LogP contribution is -2.29. The minimum atomic E-state index is -1.09. The molecule has 4 heterocycles. The number of ether oxygens (including phenoxy) is 2. The van der Waals surface area contributed by atoms with Crippen LogP contribution in [0.4, 0.5) is 9.52 Å². The van der Waals surface area contributed by atoms with Crippen LogP contribution in [0.2, 0.25) is 0 Å². The molecule has 13 heteroatoms. The molecular weight excluding hydrogens is 654 g/mol. The van der Waals surface area contributed by atoms with Crippen LogP contribution < -0.4 is 14.4 Å². The van der Waals surface area contributed by atoms with Gasteiger partial charge in [0.1, 0.15) is 17.2 Å². The highest BCUT2D eigenvalue weighted by Crippen LogP contribution is 2.46. The van der Waals surface area contributed by atoms with Crippen LogP contribution in [0.5, 0.6) is 11.5 Å². The number of imidazole rings is 1. The summed E-state index contributed by atoms with van der Waals surface area (Å²) in [4.78, 5) is 33.6. The van der Waals surface area contributed by atoms with Crippen LogP contribution in [0.25, 0.3) is 11.4 Å². The van der Waals surface area contributed by atoms with E-state index < -0.39 is 23.5 Å². The molecule has 0 spiro atoms. The monoisotopic (exact) mass is 687 g/mol. The fourth-order valence-electron chi connectivity index (χ4n) is 5.51. The maximum absolute atomic E-state index is 14.3. The quantitative estimate of drug-likeness (QED) is 0.0502. The number of methoxy groups -OCH3 is 1. The number of hydrogen-bond acceptors (Lipinski definition) is 10. The van der Waals surface area contributed by atoms with Crippen LogP contribution >= 0.6 is 23.1 Å². The minimum Gasteiger partial charge on any atom is -0.505 e. The van der Waals surface area contributed by atoms with Crippen LogP contribution in [-0.2, 0) is 15.3 Å². The van der Waals surface area contributed by atoms with Gasteiger partial charge in [0, 0.05) is 11.9 Å². The van der Waals surface area contributed by atoms with E-state index in [1.807, 2.05) is 29.7 Å². The highest BCUT2D eigenvalue weighted by Gasteiger charge is 2.49. The molecule has 3 aromatic heterocycles. The third kappa shape index (κ3) is 6.27. The van der Waals surface area contributed by atoms with E-state index in [0.29, 0.717) is 56.6 Å². The normalized spacial score (nSPS) is 16.0. The number of carbonyl (C=O) groups excluding carboxylic acids is 2. The summed E-state index contributed by atoms with van der Waals surface area (Å²) in [5, 5.41) is 20.5. The van der Waals surface area contributed by atoms with E-state index in [9.17, 15) is 19.1 Å². The zero-order valence-electron chi connectivity index (χ0n) is 27.1. The van der Waals surface area contributed by atoms with E-state index in [-0.39, 0.29) is 22.2 Å². The van der Waals surface area contributed by atoms with Crippen molar-refractivity contribution in [3.8, 4) is 11.5 Å². The van der Waals surface area contributed by atoms with Gasteiger partial charge < -0.3 is 19.0 Å². The van der Waals surface area contributed by atoms with Gasteiger partial charge in [0.25, 0.3) is 5.78 Å². The molecule has 10 nitrogen and oxygen atoms in total. The predicted octanol–water partition coefficient (Wildman–Crippen LogP) is 7.29. The summed E-state index contributed by atoms with van der Waals surface area (Å²) in [7, 11) is 1.51. The van der Waals surface area contributed by atoms with Crippen LogP contribution in [-0.4, -0.2) is 50.1 Å².